The molecule has 0 unspecified atom stereocenters. The van der Waals surface area contributed by atoms with E-state index in [1.165, 1.54) is 0 Å². The number of hydrogen-bond donors (Lipinski definition) is 1. The number of amides is 1. The number of aromatic nitrogens is 1. The molecule has 20 heavy (non-hydrogen) atoms. The van der Waals surface area contributed by atoms with Crippen molar-refractivity contribution in [3.8, 4) is 0 Å². The van der Waals surface area contributed by atoms with Crippen molar-refractivity contribution in [3.63, 3.8) is 0 Å². The van der Waals surface area contributed by atoms with Gasteiger partial charge < -0.3 is 5.32 Å². The average molecular weight is 292 g/mol. The fourth-order valence-electron chi connectivity index (χ4n) is 2.24. The second-order valence-electron chi connectivity index (χ2n) is 6.40. The Morgan fingerprint density at radius 3 is 2.85 bits per heavy atom. The molecule has 1 N–H and O–H groups in total. The Bertz CT molecular complexity index is 485. The summed E-state index contributed by atoms with van der Waals surface area (Å²) in [4.78, 5) is 16.6. The van der Waals surface area contributed by atoms with Gasteiger partial charge in [-0.1, -0.05) is 32.9 Å². The van der Waals surface area contributed by atoms with Crippen LogP contribution in [0.3, 0.4) is 0 Å². The number of thiazole rings is 1. The lowest BCUT2D eigenvalue weighted by molar-refractivity contribution is -0.125. The molecule has 1 aliphatic rings. The molecular formula is C16H24N2OS. The second-order valence-corrected chi connectivity index (χ2v) is 7.34. The molecule has 0 saturated carbocycles. The smallest absolute Gasteiger partial charge is 0.223 e. The standard InChI is InChI=1S/C16H24N2OS/c1-16(2,3)13-11-20-14(18-13)9-10-17-15(19)12-7-5-4-6-8-12/h4-5,11-12H,6-10H2,1-3H3,(H,17,19)/t12-/m1/s1. The average Bonchev–Trinajstić information content (AvgIpc) is 2.88. The Labute approximate surface area is 125 Å². The van der Waals surface area contributed by atoms with Gasteiger partial charge in [-0.05, 0) is 19.3 Å². The zero-order valence-corrected chi connectivity index (χ0v) is 13.4. The molecule has 1 heterocycles. The molecule has 0 aromatic carbocycles. The zero-order chi connectivity index (χ0) is 14.6. The molecule has 1 amide bonds. The van der Waals surface area contributed by atoms with Crippen molar-refractivity contribution >= 4 is 17.2 Å². The van der Waals surface area contributed by atoms with Crippen LogP contribution in [0.25, 0.3) is 0 Å². The lowest BCUT2D eigenvalue weighted by Crippen LogP contribution is -2.32. The van der Waals surface area contributed by atoms with E-state index in [-0.39, 0.29) is 17.2 Å². The number of carbonyl (C=O) groups excluding carboxylic acids is 1. The molecule has 2 rings (SSSR count). The Kier molecular flexibility index (Phi) is 4.97. The number of allylic oxidation sites excluding steroid dienone is 2. The highest BCUT2D eigenvalue weighted by molar-refractivity contribution is 7.09. The molecule has 0 radical (unpaired) electrons. The van der Waals surface area contributed by atoms with Crippen molar-refractivity contribution in [2.75, 3.05) is 6.54 Å². The molecule has 0 aliphatic heterocycles. The SMILES string of the molecule is CC(C)(C)c1csc(CCNC(=O)[C@@H]2CC=CCC2)n1. The summed E-state index contributed by atoms with van der Waals surface area (Å²) < 4.78 is 0. The van der Waals surface area contributed by atoms with E-state index in [1.807, 2.05) is 0 Å². The topological polar surface area (TPSA) is 42.0 Å². The van der Waals surface area contributed by atoms with E-state index in [9.17, 15) is 4.79 Å². The van der Waals surface area contributed by atoms with Crippen LogP contribution in [-0.4, -0.2) is 17.4 Å². The van der Waals surface area contributed by atoms with Crippen LogP contribution in [0.15, 0.2) is 17.5 Å². The lowest BCUT2D eigenvalue weighted by Gasteiger charge is -2.17. The number of nitrogens with one attached hydrogen (secondary N) is 1. The van der Waals surface area contributed by atoms with Gasteiger partial charge in [0.25, 0.3) is 0 Å². The van der Waals surface area contributed by atoms with Crippen LogP contribution in [0.2, 0.25) is 0 Å². The van der Waals surface area contributed by atoms with Crippen LogP contribution in [-0.2, 0) is 16.6 Å². The van der Waals surface area contributed by atoms with Crippen molar-refractivity contribution in [3.05, 3.63) is 28.2 Å². The van der Waals surface area contributed by atoms with Crippen LogP contribution >= 0.6 is 11.3 Å². The van der Waals surface area contributed by atoms with Crippen LogP contribution in [0.4, 0.5) is 0 Å². The fraction of sp³-hybridized carbons (Fsp3) is 0.625. The number of rotatable bonds is 4. The highest BCUT2D eigenvalue weighted by Crippen LogP contribution is 2.24. The molecule has 1 aliphatic carbocycles. The summed E-state index contributed by atoms with van der Waals surface area (Å²) in [6.07, 6.45) is 8.00. The van der Waals surface area contributed by atoms with Gasteiger partial charge >= 0.3 is 0 Å². The van der Waals surface area contributed by atoms with E-state index in [0.29, 0.717) is 6.54 Å². The number of carbonyl (C=O) groups is 1. The molecular weight excluding hydrogens is 268 g/mol. The third-order valence-corrected chi connectivity index (χ3v) is 4.51. The summed E-state index contributed by atoms with van der Waals surface area (Å²) in [5, 5.41) is 6.28. The van der Waals surface area contributed by atoms with Gasteiger partial charge in [-0.3, -0.25) is 4.79 Å². The highest BCUT2D eigenvalue weighted by Gasteiger charge is 2.19. The maximum atomic E-state index is 12.0. The maximum absolute atomic E-state index is 12.0. The minimum atomic E-state index is 0.104. The lowest BCUT2D eigenvalue weighted by atomic mass is 9.93. The van der Waals surface area contributed by atoms with Crippen molar-refractivity contribution in [1.29, 1.82) is 0 Å². The Morgan fingerprint density at radius 2 is 2.25 bits per heavy atom. The monoisotopic (exact) mass is 292 g/mol. The summed E-state index contributed by atoms with van der Waals surface area (Å²) in [7, 11) is 0. The first-order valence-electron chi connectivity index (χ1n) is 7.34. The summed E-state index contributed by atoms with van der Waals surface area (Å²) in [5.41, 5.74) is 1.24. The normalized spacial score (nSPS) is 19.1. The molecule has 4 heteroatoms. The molecule has 1 atom stereocenters. The fourth-order valence-corrected chi connectivity index (χ4v) is 3.26. The van der Waals surface area contributed by atoms with Gasteiger partial charge in [-0.25, -0.2) is 4.98 Å². The third-order valence-electron chi connectivity index (χ3n) is 3.60. The first-order valence-corrected chi connectivity index (χ1v) is 8.22. The molecule has 0 spiro atoms. The van der Waals surface area contributed by atoms with E-state index in [2.05, 4.69) is 48.6 Å². The van der Waals surface area contributed by atoms with Crippen molar-refractivity contribution in [2.45, 2.75) is 51.9 Å². The van der Waals surface area contributed by atoms with Gasteiger partial charge in [0.2, 0.25) is 5.91 Å². The largest absolute Gasteiger partial charge is 0.355 e. The van der Waals surface area contributed by atoms with E-state index in [1.54, 1.807) is 11.3 Å². The van der Waals surface area contributed by atoms with Crippen LogP contribution < -0.4 is 5.32 Å². The summed E-state index contributed by atoms with van der Waals surface area (Å²) >= 11 is 1.69. The predicted octanol–water partition coefficient (Wildman–Crippen LogP) is 3.46. The number of hydrogen-bond acceptors (Lipinski definition) is 3. The minimum Gasteiger partial charge on any atom is -0.355 e. The highest BCUT2D eigenvalue weighted by atomic mass is 32.1. The molecule has 3 nitrogen and oxygen atoms in total. The van der Waals surface area contributed by atoms with Gasteiger partial charge in [0.05, 0.1) is 10.7 Å². The van der Waals surface area contributed by atoms with Gasteiger partial charge in [0.1, 0.15) is 0 Å². The third kappa shape index (κ3) is 4.17. The van der Waals surface area contributed by atoms with Crippen molar-refractivity contribution in [1.82, 2.24) is 10.3 Å². The predicted molar refractivity (Wildman–Crippen MR) is 84.0 cm³/mol. The molecule has 0 saturated heterocycles. The molecule has 0 fully saturated rings. The Morgan fingerprint density at radius 1 is 1.45 bits per heavy atom. The minimum absolute atomic E-state index is 0.104. The number of nitrogens with zero attached hydrogens (tertiary/aromatic N) is 1. The Hall–Kier alpha value is -1.16. The van der Waals surface area contributed by atoms with E-state index < -0.39 is 0 Å². The first-order chi connectivity index (χ1) is 9.47. The van der Waals surface area contributed by atoms with Gasteiger partial charge in [0, 0.05) is 29.7 Å². The summed E-state index contributed by atoms with van der Waals surface area (Å²) in [6, 6.07) is 0. The second kappa shape index (κ2) is 6.53. The van der Waals surface area contributed by atoms with Gasteiger partial charge in [-0.2, -0.15) is 0 Å². The molecule has 0 bridgehead atoms. The zero-order valence-electron chi connectivity index (χ0n) is 12.6. The van der Waals surface area contributed by atoms with Crippen LogP contribution in [0.5, 0.6) is 0 Å². The van der Waals surface area contributed by atoms with Gasteiger partial charge in [0.15, 0.2) is 0 Å². The summed E-state index contributed by atoms with van der Waals surface area (Å²) in [6.45, 7) is 7.20. The maximum Gasteiger partial charge on any atom is 0.223 e. The van der Waals surface area contributed by atoms with Crippen LogP contribution in [0, 0.1) is 5.92 Å². The molecule has 1 aromatic heterocycles. The van der Waals surface area contributed by atoms with Crippen LogP contribution in [0.1, 0.15) is 50.7 Å². The van der Waals surface area contributed by atoms with E-state index >= 15 is 0 Å². The molecule has 110 valence electrons. The first kappa shape index (κ1) is 15.2. The van der Waals surface area contributed by atoms with Crippen molar-refractivity contribution in [2.24, 2.45) is 5.92 Å². The van der Waals surface area contributed by atoms with Crippen molar-refractivity contribution < 1.29 is 4.79 Å². The van der Waals surface area contributed by atoms with Gasteiger partial charge in [-0.15, -0.1) is 11.3 Å². The molecule has 1 aromatic rings. The quantitative estimate of drug-likeness (QED) is 0.864. The van der Waals surface area contributed by atoms with E-state index in [4.69, 9.17) is 0 Å². The summed E-state index contributed by atoms with van der Waals surface area (Å²) in [5.74, 6) is 0.364. The van der Waals surface area contributed by atoms with E-state index in [0.717, 1.165) is 36.4 Å². The Balaban J connectivity index is 1.77.